The van der Waals surface area contributed by atoms with Crippen molar-refractivity contribution < 1.29 is 14.7 Å². The van der Waals surface area contributed by atoms with Gasteiger partial charge in [0, 0.05) is 4.47 Å². The molecule has 0 saturated heterocycles. The van der Waals surface area contributed by atoms with Gasteiger partial charge in [0.25, 0.3) is 5.91 Å². The molecular formula is C24H18BrN3O3S2. The zero-order chi connectivity index (χ0) is 23.4. The number of amides is 1. The molecule has 1 N–H and O–H groups in total. The van der Waals surface area contributed by atoms with Crippen LogP contribution in [0.3, 0.4) is 0 Å². The molecular weight excluding hydrogens is 522 g/mol. The van der Waals surface area contributed by atoms with Gasteiger partial charge in [-0.2, -0.15) is 0 Å². The van der Waals surface area contributed by atoms with Gasteiger partial charge in [-0.05, 0) is 56.2 Å². The number of anilines is 1. The van der Waals surface area contributed by atoms with E-state index in [0.717, 1.165) is 25.3 Å². The Morgan fingerprint density at radius 3 is 2.45 bits per heavy atom. The summed E-state index contributed by atoms with van der Waals surface area (Å²) in [5.41, 5.74) is 3.18. The second kappa shape index (κ2) is 8.16. The molecule has 2 aromatic carbocycles. The lowest BCUT2D eigenvalue weighted by molar-refractivity contribution is -0.117. The number of nitrogens with zero attached hydrogens (tertiary/aromatic N) is 3. The van der Waals surface area contributed by atoms with Crippen molar-refractivity contribution in [2.75, 3.05) is 4.90 Å². The first-order chi connectivity index (χ1) is 15.7. The molecule has 1 atom stereocenters. The monoisotopic (exact) mass is 539 g/mol. The van der Waals surface area contributed by atoms with Crippen LogP contribution in [0, 0.1) is 20.8 Å². The van der Waals surface area contributed by atoms with Gasteiger partial charge in [-0.25, -0.2) is 9.97 Å². The molecule has 3 heterocycles. The fourth-order valence-corrected chi connectivity index (χ4v) is 6.21. The van der Waals surface area contributed by atoms with Gasteiger partial charge in [-0.15, -0.1) is 11.3 Å². The third-order valence-electron chi connectivity index (χ3n) is 5.49. The van der Waals surface area contributed by atoms with E-state index >= 15 is 0 Å². The Labute approximate surface area is 206 Å². The van der Waals surface area contributed by atoms with Crippen LogP contribution in [0.25, 0.3) is 10.2 Å². The lowest BCUT2D eigenvalue weighted by Crippen LogP contribution is -2.30. The van der Waals surface area contributed by atoms with E-state index in [1.807, 2.05) is 56.3 Å². The lowest BCUT2D eigenvalue weighted by atomic mass is 9.95. The zero-order valence-corrected chi connectivity index (χ0v) is 21.1. The van der Waals surface area contributed by atoms with Gasteiger partial charge in [-0.3, -0.25) is 14.5 Å². The van der Waals surface area contributed by atoms with E-state index in [1.54, 1.807) is 6.92 Å². The maximum Gasteiger partial charge on any atom is 0.296 e. The quantitative estimate of drug-likeness (QED) is 0.311. The molecule has 0 fully saturated rings. The van der Waals surface area contributed by atoms with Crippen molar-refractivity contribution >= 4 is 65.6 Å². The summed E-state index contributed by atoms with van der Waals surface area (Å²) in [6.07, 6.45) is 0. The number of aryl methyl sites for hydroxylation is 3. The number of aliphatic hydroxyl groups excluding tert-OH is 1. The van der Waals surface area contributed by atoms with Crippen LogP contribution in [0.4, 0.5) is 5.13 Å². The van der Waals surface area contributed by atoms with Crippen molar-refractivity contribution in [3.05, 3.63) is 85.0 Å². The van der Waals surface area contributed by atoms with Crippen LogP contribution in [0.1, 0.15) is 37.5 Å². The Bertz CT molecular complexity index is 1470. The number of hydrogen-bond acceptors (Lipinski definition) is 7. The Kier molecular flexibility index (Phi) is 5.43. The first-order valence-electron chi connectivity index (χ1n) is 10.1. The highest BCUT2D eigenvalue weighted by molar-refractivity contribution is 9.10. The summed E-state index contributed by atoms with van der Waals surface area (Å²) < 4.78 is 1.80. The van der Waals surface area contributed by atoms with Crippen molar-refractivity contribution in [1.82, 2.24) is 9.97 Å². The molecule has 1 aliphatic rings. The molecule has 33 heavy (non-hydrogen) atoms. The summed E-state index contributed by atoms with van der Waals surface area (Å²) in [5.74, 6) is -1.58. The van der Waals surface area contributed by atoms with Crippen molar-refractivity contribution in [2.45, 2.75) is 26.8 Å². The number of fused-ring (bicyclic) bond motifs is 1. The molecule has 9 heteroatoms. The van der Waals surface area contributed by atoms with Crippen LogP contribution >= 0.6 is 38.6 Å². The maximum atomic E-state index is 13.6. The summed E-state index contributed by atoms with van der Waals surface area (Å²) >= 11 is 6.05. The standard InChI is InChI=1S/C24H18BrN3O3S2/c1-11-4-9-16-17(10-11)33-24(27-16)28-19(14-5-7-15(25)8-6-14)18(21(30)23(28)31)20(29)22-12(2)26-13(3)32-22/h4-10,19,30H,1-3H3. The molecule has 1 unspecified atom stereocenters. The van der Waals surface area contributed by atoms with Gasteiger partial charge < -0.3 is 5.11 Å². The highest BCUT2D eigenvalue weighted by atomic mass is 79.9. The van der Waals surface area contributed by atoms with Crippen LogP contribution in [0.2, 0.25) is 0 Å². The SMILES string of the molecule is Cc1ccc2nc(N3C(=O)C(O)=C(C(=O)c4sc(C)nc4C)C3c3ccc(Br)cc3)sc2c1. The van der Waals surface area contributed by atoms with E-state index < -0.39 is 23.5 Å². The number of aliphatic hydroxyl groups is 1. The van der Waals surface area contributed by atoms with Gasteiger partial charge in [0.05, 0.1) is 37.4 Å². The topological polar surface area (TPSA) is 83.4 Å². The lowest BCUT2D eigenvalue weighted by Gasteiger charge is -2.24. The predicted octanol–water partition coefficient (Wildman–Crippen LogP) is 6.22. The van der Waals surface area contributed by atoms with E-state index in [4.69, 9.17) is 0 Å². The van der Waals surface area contributed by atoms with E-state index in [0.29, 0.717) is 21.3 Å². The zero-order valence-electron chi connectivity index (χ0n) is 17.9. The van der Waals surface area contributed by atoms with Crippen LogP contribution < -0.4 is 4.90 Å². The maximum absolute atomic E-state index is 13.6. The number of Topliss-reactive ketones (excluding diaryl/α,β-unsaturated/α-hetero) is 1. The molecule has 1 amide bonds. The van der Waals surface area contributed by atoms with E-state index in [-0.39, 0.29) is 5.57 Å². The second-order valence-electron chi connectivity index (χ2n) is 7.84. The van der Waals surface area contributed by atoms with Gasteiger partial charge in [0.2, 0.25) is 5.78 Å². The van der Waals surface area contributed by atoms with Crippen LogP contribution in [-0.4, -0.2) is 26.8 Å². The first kappa shape index (κ1) is 21.9. The van der Waals surface area contributed by atoms with Crippen LogP contribution in [0.5, 0.6) is 0 Å². The fraction of sp³-hybridized carbons (Fsp3) is 0.167. The molecule has 166 valence electrons. The molecule has 2 aromatic heterocycles. The van der Waals surface area contributed by atoms with Crippen molar-refractivity contribution in [2.24, 2.45) is 0 Å². The number of ketones is 1. The van der Waals surface area contributed by atoms with Gasteiger partial charge >= 0.3 is 0 Å². The van der Waals surface area contributed by atoms with Gasteiger partial charge in [0.1, 0.15) is 0 Å². The van der Waals surface area contributed by atoms with Crippen molar-refractivity contribution in [3.8, 4) is 0 Å². The predicted molar refractivity (Wildman–Crippen MR) is 134 cm³/mol. The molecule has 0 radical (unpaired) electrons. The minimum Gasteiger partial charge on any atom is -0.503 e. The summed E-state index contributed by atoms with van der Waals surface area (Å²) in [4.78, 5) is 37.8. The van der Waals surface area contributed by atoms with E-state index in [1.165, 1.54) is 27.6 Å². The number of benzene rings is 2. The number of thiazole rings is 2. The third-order valence-corrected chi connectivity index (χ3v) is 8.10. The Morgan fingerprint density at radius 2 is 1.79 bits per heavy atom. The highest BCUT2D eigenvalue weighted by Crippen LogP contribution is 2.45. The summed E-state index contributed by atoms with van der Waals surface area (Å²) in [6, 6.07) is 12.4. The first-order valence-corrected chi connectivity index (χ1v) is 12.5. The van der Waals surface area contributed by atoms with Gasteiger partial charge in [-0.1, -0.05) is 45.5 Å². The van der Waals surface area contributed by atoms with E-state index in [2.05, 4.69) is 25.9 Å². The van der Waals surface area contributed by atoms with E-state index in [9.17, 15) is 14.7 Å². The normalized spacial score (nSPS) is 16.3. The molecule has 4 aromatic rings. The smallest absolute Gasteiger partial charge is 0.296 e. The number of carbonyl (C=O) groups is 2. The molecule has 6 nitrogen and oxygen atoms in total. The summed E-state index contributed by atoms with van der Waals surface area (Å²) in [5, 5.41) is 12.1. The number of rotatable bonds is 4. The Balaban J connectivity index is 1.69. The van der Waals surface area contributed by atoms with Crippen molar-refractivity contribution in [3.63, 3.8) is 0 Å². The average molecular weight is 540 g/mol. The molecule has 0 bridgehead atoms. The molecule has 0 aliphatic carbocycles. The van der Waals surface area contributed by atoms with Gasteiger partial charge in [0.15, 0.2) is 10.9 Å². The minimum atomic E-state index is -0.804. The minimum absolute atomic E-state index is 0.0458. The largest absolute Gasteiger partial charge is 0.503 e. The van der Waals surface area contributed by atoms with Crippen LogP contribution in [-0.2, 0) is 4.79 Å². The fourth-order valence-electron chi connectivity index (χ4n) is 3.98. The number of aromatic nitrogens is 2. The number of carbonyl (C=O) groups excluding carboxylic acids is 2. The second-order valence-corrected chi connectivity index (χ2v) is 11.0. The average Bonchev–Trinajstić information content (AvgIpc) is 3.41. The molecule has 0 saturated carbocycles. The Morgan fingerprint density at radius 1 is 1.06 bits per heavy atom. The molecule has 1 aliphatic heterocycles. The molecule has 5 rings (SSSR count). The van der Waals surface area contributed by atoms with Crippen molar-refractivity contribution in [1.29, 1.82) is 0 Å². The number of halogens is 1. The number of hydrogen-bond donors (Lipinski definition) is 1. The summed E-state index contributed by atoms with van der Waals surface area (Å²) in [7, 11) is 0. The highest BCUT2D eigenvalue weighted by Gasteiger charge is 2.46. The third kappa shape index (κ3) is 3.70. The van der Waals surface area contributed by atoms with Crippen LogP contribution in [0.15, 0.2) is 58.3 Å². The summed E-state index contributed by atoms with van der Waals surface area (Å²) in [6.45, 7) is 5.57. The molecule has 0 spiro atoms. The Hall–Kier alpha value is -2.88.